The molecule has 9 heteroatoms. The molecular weight excluding hydrogens is 478 g/mol. The summed E-state index contributed by atoms with van der Waals surface area (Å²) in [7, 11) is 0. The molecule has 5 rings (SSSR count). The Bertz CT molecular complexity index is 1590. The Kier molecular flexibility index (Phi) is 5.83. The summed E-state index contributed by atoms with van der Waals surface area (Å²) in [4.78, 5) is 11.8. The maximum Gasteiger partial charge on any atom is 0.335 e. The Morgan fingerprint density at radius 3 is 2.76 bits per heavy atom. The van der Waals surface area contributed by atoms with Gasteiger partial charge >= 0.3 is 5.97 Å². The molecule has 7 nitrogen and oxygen atoms in total. The van der Waals surface area contributed by atoms with Crippen LogP contribution in [0, 0.1) is 29.9 Å². The molecule has 192 valence electrons. The minimum Gasteiger partial charge on any atom is -0.479 e. The third-order valence-corrected chi connectivity index (χ3v) is 7.64. The highest BCUT2D eigenvalue weighted by Gasteiger charge is 2.43. The summed E-state index contributed by atoms with van der Waals surface area (Å²) < 4.78 is 38.3. The molecule has 0 amide bonds. The SMILES string of the molecule is Cc1cc(-n2c(C(C)(C)CC#N)c(C3CC[C@](C)(C(=O)O)OC3)c3c(F)c4[nH]ncc4cc32)ccc1F. The van der Waals surface area contributed by atoms with Gasteiger partial charge in [-0.05, 0) is 62.1 Å². The van der Waals surface area contributed by atoms with Gasteiger partial charge in [0.05, 0.1) is 24.4 Å². The van der Waals surface area contributed by atoms with E-state index in [2.05, 4.69) is 16.3 Å². The van der Waals surface area contributed by atoms with Crippen molar-refractivity contribution in [2.75, 3.05) is 6.61 Å². The highest BCUT2D eigenvalue weighted by Crippen LogP contribution is 2.47. The monoisotopic (exact) mass is 506 g/mol. The van der Waals surface area contributed by atoms with E-state index in [0.717, 1.165) is 5.69 Å². The smallest absolute Gasteiger partial charge is 0.335 e. The number of aromatic nitrogens is 3. The number of ether oxygens (including phenoxy) is 1. The molecule has 1 aliphatic heterocycles. The average Bonchev–Trinajstić information content (AvgIpc) is 3.45. The molecule has 2 atom stereocenters. The van der Waals surface area contributed by atoms with Gasteiger partial charge in [-0.1, -0.05) is 13.8 Å². The number of H-pyrrole nitrogens is 1. The lowest BCUT2D eigenvalue weighted by Gasteiger charge is -2.36. The number of nitrogens with one attached hydrogen (secondary N) is 1. The van der Waals surface area contributed by atoms with E-state index >= 15 is 4.39 Å². The Hall–Kier alpha value is -3.77. The van der Waals surface area contributed by atoms with E-state index in [1.807, 2.05) is 24.5 Å². The van der Waals surface area contributed by atoms with Gasteiger partial charge in [0, 0.05) is 39.9 Å². The summed E-state index contributed by atoms with van der Waals surface area (Å²) in [6.45, 7) is 7.16. The van der Waals surface area contributed by atoms with Gasteiger partial charge in [-0.3, -0.25) is 5.10 Å². The van der Waals surface area contributed by atoms with Crippen molar-refractivity contribution in [1.29, 1.82) is 5.26 Å². The Labute approximate surface area is 212 Å². The van der Waals surface area contributed by atoms with Gasteiger partial charge in [-0.15, -0.1) is 0 Å². The van der Waals surface area contributed by atoms with Crippen LogP contribution in [-0.4, -0.2) is 38.0 Å². The predicted octanol–water partition coefficient (Wildman–Crippen LogP) is 6.02. The van der Waals surface area contributed by atoms with Crippen LogP contribution in [0.3, 0.4) is 0 Å². The van der Waals surface area contributed by atoms with Gasteiger partial charge in [0.25, 0.3) is 0 Å². The number of carboxylic acid groups (broad SMARTS) is 1. The van der Waals surface area contributed by atoms with Gasteiger partial charge in [0.15, 0.2) is 11.4 Å². The highest BCUT2D eigenvalue weighted by atomic mass is 19.1. The Morgan fingerprint density at radius 1 is 1.38 bits per heavy atom. The van der Waals surface area contributed by atoms with Crippen molar-refractivity contribution in [2.24, 2.45) is 0 Å². The van der Waals surface area contributed by atoms with Gasteiger partial charge < -0.3 is 14.4 Å². The quantitative estimate of drug-likeness (QED) is 0.344. The highest BCUT2D eigenvalue weighted by molar-refractivity contribution is 6.00. The van der Waals surface area contributed by atoms with Crippen LogP contribution < -0.4 is 0 Å². The zero-order valence-electron chi connectivity index (χ0n) is 21.2. The molecule has 2 aromatic carbocycles. The van der Waals surface area contributed by atoms with Crippen molar-refractivity contribution in [2.45, 2.75) is 63.9 Å². The first kappa shape index (κ1) is 24.9. The number of aliphatic carboxylic acids is 1. The van der Waals surface area contributed by atoms with Crippen molar-refractivity contribution in [1.82, 2.24) is 14.8 Å². The number of carbonyl (C=O) groups is 1. The fraction of sp³-hybridized carbons (Fsp3) is 0.393. The zero-order chi connectivity index (χ0) is 26.7. The van der Waals surface area contributed by atoms with Crippen LogP contribution in [0.4, 0.5) is 8.78 Å². The minimum absolute atomic E-state index is 0.0838. The normalized spacial score (nSPS) is 20.4. The number of nitrogens with zero attached hydrogens (tertiary/aromatic N) is 3. The average molecular weight is 507 g/mol. The molecule has 0 bridgehead atoms. The number of nitriles is 1. The van der Waals surface area contributed by atoms with Crippen molar-refractivity contribution in [3.63, 3.8) is 0 Å². The standard InChI is InChI=1S/C28H28F2N4O3/c1-15-11-18(5-6-19(15)29)34-20-12-17-13-32-33-24(17)23(30)22(20)21(25(34)27(2,3)9-10-31)16-7-8-28(4,26(35)36)37-14-16/h5-6,11-13,16H,7-9,14H2,1-4H3,(H,32,33)(H,35,36)/t16?,28-/m1/s1. The van der Waals surface area contributed by atoms with Crippen LogP contribution >= 0.6 is 0 Å². The van der Waals surface area contributed by atoms with Crippen molar-refractivity contribution in [3.05, 3.63) is 58.9 Å². The minimum atomic E-state index is -1.32. The molecule has 37 heavy (non-hydrogen) atoms. The van der Waals surface area contributed by atoms with E-state index in [-0.39, 0.29) is 36.7 Å². The maximum atomic E-state index is 16.3. The van der Waals surface area contributed by atoms with Crippen LogP contribution in [0.2, 0.25) is 0 Å². The molecule has 2 N–H and O–H groups in total. The topological polar surface area (TPSA) is 104 Å². The van der Waals surface area contributed by atoms with E-state index in [1.165, 1.54) is 6.07 Å². The van der Waals surface area contributed by atoms with E-state index < -0.39 is 22.8 Å². The van der Waals surface area contributed by atoms with Crippen LogP contribution in [0.5, 0.6) is 0 Å². The van der Waals surface area contributed by atoms with E-state index in [0.29, 0.717) is 39.5 Å². The fourth-order valence-corrected chi connectivity index (χ4v) is 5.50. The van der Waals surface area contributed by atoms with Gasteiger partial charge in [0.2, 0.25) is 0 Å². The molecule has 0 radical (unpaired) electrons. The number of benzene rings is 2. The molecule has 1 fully saturated rings. The second kappa shape index (κ2) is 8.67. The van der Waals surface area contributed by atoms with Crippen LogP contribution in [-0.2, 0) is 14.9 Å². The van der Waals surface area contributed by atoms with E-state index in [9.17, 15) is 19.6 Å². The first-order chi connectivity index (χ1) is 17.5. The van der Waals surface area contributed by atoms with Crippen LogP contribution in [0.15, 0.2) is 30.5 Å². The van der Waals surface area contributed by atoms with Crippen molar-refractivity contribution < 1.29 is 23.4 Å². The number of hydrogen-bond donors (Lipinski definition) is 2. The van der Waals surface area contributed by atoms with Gasteiger partial charge in [-0.25, -0.2) is 13.6 Å². The summed E-state index contributed by atoms with van der Waals surface area (Å²) in [5.74, 6) is -2.18. The Balaban J connectivity index is 1.88. The first-order valence-electron chi connectivity index (χ1n) is 12.2. The number of halogens is 2. The maximum absolute atomic E-state index is 16.3. The molecule has 4 aromatic rings. The number of carboxylic acids is 1. The largest absolute Gasteiger partial charge is 0.479 e. The summed E-state index contributed by atoms with van der Waals surface area (Å²) in [6.07, 6.45) is 2.41. The van der Waals surface area contributed by atoms with Crippen LogP contribution in [0.1, 0.15) is 62.8 Å². The second-order valence-corrected chi connectivity index (χ2v) is 10.8. The van der Waals surface area contributed by atoms with Crippen molar-refractivity contribution >= 4 is 27.8 Å². The van der Waals surface area contributed by atoms with Gasteiger partial charge in [-0.2, -0.15) is 10.4 Å². The van der Waals surface area contributed by atoms with Crippen molar-refractivity contribution in [3.8, 4) is 11.8 Å². The Morgan fingerprint density at radius 2 is 2.14 bits per heavy atom. The third-order valence-electron chi connectivity index (χ3n) is 7.64. The summed E-state index contributed by atoms with van der Waals surface area (Å²) in [5.41, 5.74) is 1.27. The number of aryl methyl sites for hydroxylation is 1. The van der Waals surface area contributed by atoms with E-state index in [1.54, 1.807) is 32.2 Å². The summed E-state index contributed by atoms with van der Waals surface area (Å²) in [5, 5.41) is 27.1. The molecule has 0 saturated carbocycles. The lowest BCUT2D eigenvalue weighted by atomic mass is 9.77. The number of hydrogen-bond acceptors (Lipinski definition) is 4. The third kappa shape index (κ3) is 3.87. The van der Waals surface area contributed by atoms with Gasteiger partial charge in [0.1, 0.15) is 11.3 Å². The molecule has 2 aromatic heterocycles. The van der Waals surface area contributed by atoms with E-state index in [4.69, 9.17) is 4.74 Å². The number of fused-ring (bicyclic) bond motifs is 2. The van der Waals surface area contributed by atoms with Crippen LogP contribution in [0.25, 0.3) is 27.5 Å². The predicted molar refractivity (Wildman–Crippen MR) is 135 cm³/mol. The number of aromatic amines is 1. The second-order valence-electron chi connectivity index (χ2n) is 10.8. The number of rotatable bonds is 5. The summed E-state index contributed by atoms with van der Waals surface area (Å²) >= 11 is 0. The molecule has 1 aliphatic rings. The lowest BCUT2D eigenvalue weighted by Crippen LogP contribution is -2.43. The molecule has 1 saturated heterocycles. The molecule has 0 aliphatic carbocycles. The zero-order valence-corrected chi connectivity index (χ0v) is 21.2. The molecule has 0 spiro atoms. The lowest BCUT2D eigenvalue weighted by molar-refractivity contribution is -0.170. The molecule has 1 unspecified atom stereocenters. The summed E-state index contributed by atoms with van der Waals surface area (Å²) in [6, 6.07) is 8.84. The molecule has 3 heterocycles. The fourth-order valence-electron chi connectivity index (χ4n) is 5.50. The molecular formula is C28H28F2N4O3. The first-order valence-corrected chi connectivity index (χ1v) is 12.2.